The summed E-state index contributed by atoms with van der Waals surface area (Å²) in [5.74, 6) is 1.64. The molecule has 0 radical (unpaired) electrons. The zero-order valence-electron chi connectivity index (χ0n) is 16.8. The summed E-state index contributed by atoms with van der Waals surface area (Å²) in [7, 11) is 0. The molecule has 3 aromatic rings. The third-order valence-electron chi connectivity index (χ3n) is 4.20. The van der Waals surface area contributed by atoms with E-state index >= 15 is 0 Å². The Labute approximate surface area is 180 Å². The standard InChI is InChI=1S/C24H24N2O3S/c1-2-29-22-14-12-21(13-15-22)26-24(28)19-8-10-20(11-9-19)25-23(27)17-30-16-18-6-4-3-5-7-18/h3-15H,2,16-17H2,1H3,(H,25,27)(H,26,28). The first-order chi connectivity index (χ1) is 14.6. The van der Waals surface area contributed by atoms with Crippen molar-refractivity contribution >= 4 is 35.0 Å². The molecule has 0 fully saturated rings. The van der Waals surface area contributed by atoms with Crippen molar-refractivity contribution in [2.24, 2.45) is 0 Å². The Hall–Kier alpha value is -3.25. The predicted octanol–water partition coefficient (Wildman–Crippen LogP) is 5.21. The molecule has 0 aliphatic carbocycles. The lowest BCUT2D eigenvalue weighted by atomic mass is 10.2. The van der Waals surface area contributed by atoms with Gasteiger partial charge in [0.25, 0.3) is 5.91 Å². The maximum absolute atomic E-state index is 12.4. The summed E-state index contributed by atoms with van der Waals surface area (Å²) in [4.78, 5) is 24.5. The van der Waals surface area contributed by atoms with E-state index < -0.39 is 0 Å². The Balaban J connectivity index is 1.46. The zero-order chi connectivity index (χ0) is 21.2. The van der Waals surface area contributed by atoms with Gasteiger partial charge < -0.3 is 15.4 Å². The molecule has 154 valence electrons. The van der Waals surface area contributed by atoms with Crippen LogP contribution < -0.4 is 15.4 Å². The first-order valence-corrected chi connectivity index (χ1v) is 10.9. The Bertz CT molecular complexity index is 958. The van der Waals surface area contributed by atoms with Crippen LogP contribution in [0.3, 0.4) is 0 Å². The van der Waals surface area contributed by atoms with Crippen LogP contribution in [-0.4, -0.2) is 24.2 Å². The van der Waals surface area contributed by atoms with Crippen LogP contribution in [0.2, 0.25) is 0 Å². The molecule has 3 aromatic carbocycles. The molecular weight excluding hydrogens is 396 g/mol. The summed E-state index contributed by atoms with van der Waals surface area (Å²) in [6.07, 6.45) is 0. The van der Waals surface area contributed by atoms with Crippen LogP contribution in [0.15, 0.2) is 78.9 Å². The summed E-state index contributed by atoms with van der Waals surface area (Å²) in [5, 5.41) is 5.70. The lowest BCUT2D eigenvalue weighted by molar-refractivity contribution is -0.113. The molecule has 30 heavy (non-hydrogen) atoms. The Kier molecular flexibility index (Phi) is 7.92. The number of thioether (sulfide) groups is 1. The van der Waals surface area contributed by atoms with E-state index in [1.807, 2.05) is 49.4 Å². The maximum Gasteiger partial charge on any atom is 0.255 e. The van der Waals surface area contributed by atoms with Crippen LogP contribution in [0.25, 0.3) is 0 Å². The first-order valence-electron chi connectivity index (χ1n) is 9.70. The van der Waals surface area contributed by atoms with E-state index in [-0.39, 0.29) is 11.8 Å². The van der Waals surface area contributed by atoms with Gasteiger partial charge in [0.1, 0.15) is 5.75 Å². The van der Waals surface area contributed by atoms with Crippen LogP contribution in [0.4, 0.5) is 11.4 Å². The highest BCUT2D eigenvalue weighted by atomic mass is 32.2. The Morgan fingerprint density at radius 3 is 2.13 bits per heavy atom. The summed E-state index contributed by atoms with van der Waals surface area (Å²) in [5.41, 5.74) is 3.06. The number of carbonyl (C=O) groups excluding carboxylic acids is 2. The second-order valence-electron chi connectivity index (χ2n) is 6.52. The molecule has 0 bridgehead atoms. The molecule has 0 saturated heterocycles. The fourth-order valence-electron chi connectivity index (χ4n) is 2.74. The van der Waals surface area contributed by atoms with Crippen LogP contribution in [0, 0.1) is 0 Å². The highest BCUT2D eigenvalue weighted by Gasteiger charge is 2.08. The minimum atomic E-state index is -0.213. The van der Waals surface area contributed by atoms with E-state index in [0.717, 1.165) is 11.5 Å². The minimum absolute atomic E-state index is 0.0671. The minimum Gasteiger partial charge on any atom is -0.494 e. The predicted molar refractivity (Wildman–Crippen MR) is 123 cm³/mol. The van der Waals surface area contributed by atoms with Crippen LogP contribution >= 0.6 is 11.8 Å². The van der Waals surface area contributed by atoms with E-state index in [2.05, 4.69) is 10.6 Å². The van der Waals surface area contributed by atoms with Crippen molar-refractivity contribution < 1.29 is 14.3 Å². The lowest BCUT2D eigenvalue weighted by Gasteiger charge is -2.09. The van der Waals surface area contributed by atoms with E-state index in [1.54, 1.807) is 48.2 Å². The number of amides is 2. The smallest absolute Gasteiger partial charge is 0.255 e. The molecule has 0 aliphatic heterocycles. The largest absolute Gasteiger partial charge is 0.494 e. The van der Waals surface area contributed by atoms with Gasteiger partial charge in [0.15, 0.2) is 0 Å². The second kappa shape index (κ2) is 11.1. The quantitative estimate of drug-likeness (QED) is 0.499. The summed E-state index contributed by atoms with van der Waals surface area (Å²) >= 11 is 1.56. The van der Waals surface area contributed by atoms with Crippen molar-refractivity contribution in [3.05, 3.63) is 90.0 Å². The van der Waals surface area contributed by atoms with E-state index in [9.17, 15) is 9.59 Å². The van der Waals surface area contributed by atoms with Gasteiger partial charge in [-0.1, -0.05) is 30.3 Å². The van der Waals surface area contributed by atoms with Crippen molar-refractivity contribution in [1.82, 2.24) is 0 Å². The number of carbonyl (C=O) groups is 2. The molecule has 0 saturated carbocycles. The van der Waals surface area contributed by atoms with Gasteiger partial charge >= 0.3 is 0 Å². The second-order valence-corrected chi connectivity index (χ2v) is 7.50. The molecule has 0 heterocycles. The average molecular weight is 421 g/mol. The number of hydrogen-bond donors (Lipinski definition) is 2. The molecule has 0 spiro atoms. The number of rotatable bonds is 9. The van der Waals surface area contributed by atoms with E-state index in [0.29, 0.717) is 29.3 Å². The molecule has 0 atom stereocenters. The highest BCUT2D eigenvalue weighted by Crippen LogP contribution is 2.18. The molecule has 6 heteroatoms. The number of hydrogen-bond acceptors (Lipinski definition) is 4. The maximum atomic E-state index is 12.4. The van der Waals surface area contributed by atoms with Crippen LogP contribution in [0.5, 0.6) is 5.75 Å². The third kappa shape index (κ3) is 6.67. The van der Waals surface area contributed by atoms with Gasteiger partial charge in [0.2, 0.25) is 5.91 Å². The Morgan fingerprint density at radius 1 is 0.833 bits per heavy atom. The van der Waals surface area contributed by atoms with Crippen LogP contribution in [0.1, 0.15) is 22.8 Å². The summed E-state index contributed by atoms with van der Waals surface area (Å²) in [6.45, 7) is 2.52. The molecule has 5 nitrogen and oxygen atoms in total. The molecular formula is C24H24N2O3S. The number of nitrogens with one attached hydrogen (secondary N) is 2. The number of benzene rings is 3. The SMILES string of the molecule is CCOc1ccc(NC(=O)c2ccc(NC(=O)CSCc3ccccc3)cc2)cc1. The van der Waals surface area contributed by atoms with Crippen molar-refractivity contribution in [3.8, 4) is 5.75 Å². The fraction of sp³-hybridized carbons (Fsp3) is 0.167. The van der Waals surface area contributed by atoms with Gasteiger partial charge in [-0.2, -0.15) is 0 Å². The molecule has 2 amide bonds. The van der Waals surface area contributed by atoms with Gasteiger partial charge in [0.05, 0.1) is 12.4 Å². The Morgan fingerprint density at radius 2 is 1.47 bits per heavy atom. The van der Waals surface area contributed by atoms with Crippen LogP contribution in [-0.2, 0) is 10.5 Å². The van der Waals surface area contributed by atoms with E-state index in [4.69, 9.17) is 4.74 Å². The van der Waals surface area contributed by atoms with Gasteiger partial charge in [-0.25, -0.2) is 0 Å². The topological polar surface area (TPSA) is 67.4 Å². The monoisotopic (exact) mass is 420 g/mol. The number of ether oxygens (including phenoxy) is 1. The lowest BCUT2D eigenvalue weighted by Crippen LogP contribution is -2.15. The average Bonchev–Trinajstić information content (AvgIpc) is 2.76. The number of anilines is 2. The van der Waals surface area contributed by atoms with Crippen molar-refractivity contribution in [1.29, 1.82) is 0 Å². The van der Waals surface area contributed by atoms with Gasteiger partial charge in [0, 0.05) is 22.7 Å². The fourth-order valence-corrected chi connectivity index (χ4v) is 3.53. The van der Waals surface area contributed by atoms with Gasteiger partial charge in [-0.05, 0) is 61.0 Å². The van der Waals surface area contributed by atoms with Gasteiger partial charge in [-0.15, -0.1) is 11.8 Å². The van der Waals surface area contributed by atoms with Crippen molar-refractivity contribution in [2.45, 2.75) is 12.7 Å². The zero-order valence-corrected chi connectivity index (χ0v) is 17.6. The third-order valence-corrected chi connectivity index (χ3v) is 5.20. The summed E-state index contributed by atoms with van der Waals surface area (Å²) in [6, 6.07) is 24.1. The van der Waals surface area contributed by atoms with Crippen molar-refractivity contribution in [2.75, 3.05) is 23.0 Å². The highest BCUT2D eigenvalue weighted by molar-refractivity contribution is 7.99. The first kappa shape index (κ1) is 21.5. The van der Waals surface area contributed by atoms with E-state index in [1.165, 1.54) is 5.56 Å². The van der Waals surface area contributed by atoms with Crippen molar-refractivity contribution in [3.63, 3.8) is 0 Å². The molecule has 3 rings (SSSR count). The molecule has 0 unspecified atom stereocenters. The molecule has 2 N–H and O–H groups in total. The van der Waals surface area contributed by atoms with Gasteiger partial charge in [-0.3, -0.25) is 9.59 Å². The normalized spacial score (nSPS) is 10.3. The summed E-state index contributed by atoms with van der Waals surface area (Å²) < 4.78 is 5.39. The molecule has 0 aliphatic rings. The molecule has 0 aromatic heterocycles.